The number of benzene rings is 2. The van der Waals surface area contributed by atoms with Crippen molar-refractivity contribution in [3.63, 3.8) is 0 Å². The van der Waals surface area contributed by atoms with Crippen LogP contribution in [0.5, 0.6) is 17.2 Å². The van der Waals surface area contributed by atoms with E-state index in [1.165, 1.54) is 18.4 Å². The average molecular weight is 509 g/mol. The lowest BCUT2D eigenvalue weighted by Gasteiger charge is -2.25. The molecule has 2 aromatic carbocycles. The molecule has 1 aliphatic heterocycles. The van der Waals surface area contributed by atoms with Crippen molar-refractivity contribution in [2.45, 2.75) is 26.8 Å². The monoisotopic (exact) mass is 508 g/mol. The first-order chi connectivity index (χ1) is 17.3. The largest absolute Gasteiger partial charge is 0.496 e. The van der Waals surface area contributed by atoms with E-state index in [0.29, 0.717) is 37.7 Å². The van der Waals surface area contributed by atoms with Gasteiger partial charge in [-0.3, -0.25) is 9.36 Å². The first kappa shape index (κ1) is 25.2. The van der Waals surface area contributed by atoms with E-state index in [4.69, 9.17) is 18.9 Å². The molecule has 2 heterocycles. The number of rotatable bonds is 7. The minimum absolute atomic E-state index is 0.202. The molecule has 4 rings (SSSR count). The van der Waals surface area contributed by atoms with Gasteiger partial charge < -0.3 is 18.9 Å². The highest BCUT2D eigenvalue weighted by Crippen LogP contribution is 2.36. The van der Waals surface area contributed by atoms with Crippen LogP contribution in [-0.4, -0.2) is 38.5 Å². The van der Waals surface area contributed by atoms with Gasteiger partial charge in [0, 0.05) is 0 Å². The molecular formula is C27H28N2O6S. The van der Waals surface area contributed by atoms with E-state index < -0.39 is 12.0 Å². The maximum absolute atomic E-state index is 13.8. The second kappa shape index (κ2) is 10.4. The topological polar surface area (TPSA) is 88.4 Å². The van der Waals surface area contributed by atoms with E-state index in [9.17, 15) is 9.59 Å². The van der Waals surface area contributed by atoms with Gasteiger partial charge in [0.25, 0.3) is 5.56 Å². The van der Waals surface area contributed by atoms with Gasteiger partial charge in [-0.2, -0.15) is 0 Å². The lowest BCUT2D eigenvalue weighted by atomic mass is 9.95. The van der Waals surface area contributed by atoms with Crippen molar-refractivity contribution in [2.75, 3.05) is 27.9 Å². The maximum atomic E-state index is 13.8. The van der Waals surface area contributed by atoms with Gasteiger partial charge in [0.2, 0.25) is 0 Å². The third-order valence-corrected chi connectivity index (χ3v) is 6.95. The fourth-order valence-corrected chi connectivity index (χ4v) is 5.25. The summed E-state index contributed by atoms with van der Waals surface area (Å²) in [6.07, 6.45) is 1.81. The predicted molar refractivity (Wildman–Crippen MR) is 138 cm³/mol. The van der Waals surface area contributed by atoms with Crippen LogP contribution in [0.3, 0.4) is 0 Å². The molecule has 1 aromatic heterocycles. The lowest BCUT2D eigenvalue weighted by molar-refractivity contribution is -0.139. The number of aryl methyl sites for hydroxylation is 1. The van der Waals surface area contributed by atoms with Gasteiger partial charge in [-0.15, -0.1) is 0 Å². The molecular weight excluding hydrogens is 480 g/mol. The summed E-state index contributed by atoms with van der Waals surface area (Å²) in [6.45, 7) is 5.65. The van der Waals surface area contributed by atoms with Gasteiger partial charge in [-0.1, -0.05) is 29.5 Å². The summed E-state index contributed by atoms with van der Waals surface area (Å²) in [4.78, 5) is 31.9. The Morgan fingerprint density at radius 1 is 1.03 bits per heavy atom. The summed E-state index contributed by atoms with van der Waals surface area (Å²) >= 11 is 1.27. The third kappa shape index (κ3) is 4.54. The molecule has 1 atom stereocenters. The molecule has 9 heteroatoms. The molecule has 0 radical (unpaired) electrons. The Labute approximate surface area is 212 Å². The highest BCUT2D eigenvalue weighted by molar-refractivity contribution is 7.07. The van der Waals surface area contributed by atoms with E-state index in [-0.39, 0.29) is 12.2 Å². The average Bonchev–Trinajstić information content (AvgIpc) is 3.18. The molecule has 0 saturated carbocycles. The van der Waals surface area contributed by atoms with E-state index in [2.05, 4.69) is 4.99 Å². The van der Waals surface area contributed by atoms with Gasteiger partial charge in [0.1, 0.15) is 5.75 Å². The summed E-state index contributed by atoms with van der Waals surface area (Å²) < 4.78 is 23.7. The maximum Gasteiger partial charge on any atom is 0.338 e. The number of fused-ring (bicyclic) bond motifs is 1. The molecule has 8 nitrogen and oxygen atoms in total. The molecule has 0 saturated heterocycles. The van der Waals surface area contributed by atoms with Gasteiger partial charge >= 0.3 is 5.97 Å². The van der Waals surface area contributed by atoms with Crippen LogP contribution in [0.1, 0.15) is 36.6 Å². The fraction of sp³-hybridized carbons (Fsp3) is 0.296. The third-order valence-electron chi connectivity index (χ3n) is 5.97. The zero-order valence-corrected chi connectivity index (χ0v) is 21.9. The van der Waals surface area contributed by atoms with Crippen LogP contribution in [0.4, 0.5) is 0 Å². The summed E-state index contributed by atoms with van der Waals surface area (Å²) in [5, 5.41) is 0. The molecule has 0 amide bonds. The normalized spacial score (nSPS) is 15.3. The summed E-state index contributed by atoms with van der Waals surface area (Å²) in [7, 11) is 4.70. The molecule has 3 aromatic rings. The van der Waals surface area contributed by atoms with Gasteiger partial charge in [-0.05, 0) is 61.7 Å². The number of carbonyl (C=O) groups is 1. The Morgan fingerprint density at radius 2 is 1.75 bits per heavy atom. The zero-order valence-electron chi connectivity index (χ0n) is 21.1. The van der Waals surface area contributed by atoms with Crippen molar-refractivity contribution in [1.29, 1.82) is 0 Å². The first-order valence-electron chi connectivity index (χ1n) is 11.4. The number of esters is 1. The van der Waals surface area contributed by atoms with Gasteiger partial charge in [0.05, 0.1) is 49.8 Å². The second-order valence-corrected chi connectivity index (χ2v) is 9.15. The molecule has 0 N–H and O–H groups in total. The number of hydrogen-bond donors (Lipinski definition) is 0. The SMILES string of the molecule is CCOC(=O)C1=C(C)N=c2s/c(=C\c3ccc(C)c(OC)c3)c(=O)n2[C@H]1c1ccc(OC)c(OC)c1. The number of carbonyl (C=O) groups excluding carboxylic acids is 1. The molecule has 1 aliphatic rings. The van der Waals surface area contributed by atoms with Crippen LogP contribution in [0, 0.1) is 6.92 Å². The summed E-state index contributed by atoms with van der Waals surface area (Å²) in [5.41, 5.74) is 3.05. The molecule has 188 valence electrons. The molecule has 0 bridgehead atoms. The number of hydrogen-bond acceptors (Lipinski definition) is 8. The summed E-state index contributed by atoms with van der Waals surface area (Å²) in [6, 6.07) is 10.3. The van der Waals surface area contributed by atoms with Crippen LogP contribution >= 0.6 is 11.3 Å². The van der Waals surface area contributed by atoms with E-state index >= 15 is 0 Å². The Bertz CT molecular complexity index is 1530. The molecule has 0 aliphatic carbocycles. The molecule has 36 heavy (non-hydrogen) atoms. The standard InChI is InChI=1S/C27H28N2O6S/c1-7-35-26(31)23-16(3)28-27-29(24(23)18-10-11-19(32-4)21(14-18)34-6)25(30)22(36-27)13-17-9-8-15(2)20(12-17)33-5/h8-14,24H,7H2,1-6H3/b22-13-/t24-/m0/s1. The van der Waals surface area contributed by atoms with Crippen molar-refractivity contribution >= 4 is 23.4 Å². The fourth-order valence-electron chi connectivity index (χ4n) is 4.21. The summed E-state index contributed by atoms with van der Waals surface area (Å²) in [5.74, 6) is 1.25. The van der Waals surface area contributed by atoms with Crippen LogP contribution in [0.2, 0.25) is 0 Å². The Morgan fingerprint density at radius 3 is 2.42 bits per heavy atom. The molecule has 0 fully saturated rings. The van der Waals surface area contributed by atoms with Crippen LogP contribution in [0.25, 0.3) is 6.08 Å². The lowest BCUT2D eigenvalue weighted by Crippen LogP contribution is -2.39. The molecule has 0 unspecified atom stereocenters. The number of allylic oxidation sites excluding steroid dienone is 1. The number of aromatic nitrogens is 1. The van der Waals surface area contributed by atoms with Crippen LogP contribution in [-0.2, 0) is 9.53 Å². The van der Waals surface area contributed by atoms with Crippen LogP contribution < -0.4 is 29.1 Å². The van der Waals surface area contributed by atoms with E-state index in [1.807, 2.05) is 31.2 Å². The minimum atomic E-state index is -0.741. The second-order valence-electron chi connectivity index (χ2n) is 8.15. The van der Waals surface area contributed by atoms with Crippen molar-refractivity contribution < 1.29 is 23.7 Å². The minimum Gasteiger partial charge on any atom is -0.496 e. The highest BCUT2D eigenvalue weighted by atomic mass is 32.1. The smallest absolute Gasteiger partial charge is 0.338 e. The number of methoxy groups -OCH3 is 3. The van der Waals surface area contributed by atoms with Crippen molar-refractivity contribution in [2.24, 2.45) is 4.99 Å². The number of ether oxygens (including phenoxy) is 4. The van der Waals surface area contributed by atoms with Crippen molar-refractivity contribution in [1.82, 2.24) is 4.57 Å². The van der Waals surface area contributed by atoms with Gasteiger partial charge in [0.15, 0.2) is 16.3 Å². The van der Waals surface area contributed by atoms with E-state index in [1.54, 1.807) is 50.8 Å². The number of thiazole rings is 1. The quantitative estimate of drug-likeness (QED) is 0.456. The van der Waals surface area contributed by atoms with E-state index in [0.717, 1.165) is 16.9 Å². The molecule has 0 spiro atoms. The van der Waals surface area contributed by atoms with Crippen molar-refractivity contribution in [3.8, 4) is 17.2 Å². The Balaban J connectivity index is 1.96. The Hall–Kier alpha value is -3.85. The van der Waals surface area contributed by atoms with Crippen molar-refractivity contribution in [3.05, 3.63) is 84.0 Å². The predicted octanol–water partition coefficient (Wildman–Crippen LogP) is 3.13. The Kier molecular flexibility index (Phi) is 7.30. The van der Waals surface area contributed by atoms with Gasteiger partial charge in [-0.25, -0.2) is 9.79 Å². The zero-order chi connectivity index (χ0) is 26.0. The van der Waals surface area contributed by atoms with Crippen LogP contribution in [0.15, 0.2) is 57.5 Å². The first-order valence-corrected chi connectivity index (χ1v) is 12.2. The highest BCUT2D eigenvalue weighted by Gasteiger charge is 2.33. The number of nitrogens with zero attached hydrogens (tertiary/aromatic N) is 2.